The van der Waals surface area contributed by atoms with Gasteiger partial charge in [0.25, 0.3) is 0 Å². The lowest BCUT2D eigenvalue weighted by Gasteiger charge is -2.26. The lowest BCUT2D eigenvalue weighted by Crippen LogP contribution is -2.41. The number of unbranched alkanes of at least 4 members (excludes halogenated alkanes) is 3. The molecule has 6 nitrogen and oxygen atoms in total. The number of rotatable bonds is 10. The first kappa shape index (κ1) is 16.8. The Bertz CT molecular complexity index is 316. The first-order valence-electron chi connectivity index (χ1n) is 7.11. The maximum atomic E-state index is 11.7. The molecule has 0 aromatic rings. The summed E-state index contributed by atoms with van der Waals surface area (Å²) >= 11 is 0. The number of morpholine rings is 1. The number of nitrogens with two attached hydrogens (primary N) is 1. The predicted molar refractivity (Wildman–Crippen MR) is 76.6 cm³/mol. The SMILES string of the molecule is NCCCCCCS(=O)(=O)NCCN1CCOCC1. The summed E-state index contributed by atoms with van der Waals surface area (Å²) in [5, 5.41) is 0. The Morgan fingerprint density at radius 1 is 1.11 bits per heavy atom. The molecule has 0 aromatic heterocycles. The van der Waals surface area contributed by atoms with Gasteiger partial charge in [0.1, 0.15) is 0 Å². The van der Waals surface area contributed by atoms with Crippen LogP contribution in [0.2, 0.25) is 0 Å². The molecule has 1 rings (SSSR count). The van der Waals surface area contributed by atoms with E-state index in [-0.39, 0.29) is 5.75 Å². The van der Waals surface area contributed by atoms with Gasteiger partial charge in [-0.2, -0.15) is 0 Å². The van der Waals surface area contributed by atoms with Gasteiger partial charge < -0.3 is 10.5 Å². The maximum absolute atomic E-state index is 11.7. The predicted octanol–water partition coefficient (Wildman–Crippen LogP) is -0.243. The topological polar surface area (TPSA) is 84.7 Å². The van der Waals surface area contributed by atoms with Crippen LogP contribution in [0.5, 0.6) is 0 Å². The van der Waals surface area contributed by atoms with Gasteiger partial charge in [0.2, 0.25) is 10.0 Å². The molecule has 3 N–H and O–H groups in total. The molecule has 0 bridgehead atoms. The normalized spacial score (nSPS) is 17.7. The highest BCUT2D eigenvalue weighted by Crippen LogP contribution is 2.01. The van der Waals surface area contributed by atoms with Crippen LogP contribution in [0.15, 0.2) is 0 Å². The zero-order valence-electron chi connectivity index (χ0n) is 11.6. The van der Waals surface area contributed by atoms with Crippen LogP contribution in [-0.2, 0) is 14.8 Å². The minimum Gasteiger partial charge on any atom is -0.379 e. The fourth-order valence-electron chi connectivity index (χ4n) is 2.05. The molecular weight excluding hydrogens is 266 g/mol. The van der Waals surface area contributed by atoms with Gasteiger partial charge in [-0.25, -0.2) is 13.1 Å². The van der Waals surface area contributed by atoms with E-state index in [1.54, 1.807) is 0 Å². The molecule has 0 spiro atoms. The summed E-state index contributed by atoms with van der Waals surface area (Å²) in [6.45, 7) is 5.20. The standard InChI is InChI=1S/C12H27N3O3S/c13-5-3-1-2-4-12-19(16,17)14-6-7-15-8-10-18-11-9-15/h14H,1-13H2. The average Bonchev–Trinajstić information content (AvgIpc) is 2.39. The number of nitrogens with one attached hydrogen (secondary N) is 1. The van der Waals surface area contributed by atoms with Crippen LogP contribution < -0.4 is 10.5 Å². The number of nitrogens with zero attached hydrogens (tertiary/aromatic N) is 1. The van der Waals surface area contributed by atoms with Crippen LogP contribution >= 0.6 is 0 Å². The first-order valence-corrected chi connectivity index (χ1v) is 8.77. The molecule has 1 aliphatic rings. The second-order valence-corrected chi connectivity index (χ2v) is 6.80. The summed E-state index contributed by atoms with van der Waals surface area (Å²) in [7, 11) is -3.11. The number of ether oxygens (including phenoxy) is 1. The largest absolute Gasteiger partial charge is 0.379 e. The quantitative estimate of drug-likeness (QED) is 0.543. The van der Waals surface area contributed by atoms with Crippen molar-refractivity contribution >= 4 is 10.0 Å². The molecule has 0 radical (unpaired) electrons. The average molecular weight is 293 g/mol. The van der Waals surface area contributed by atoms with Crippen LogP contribution in [0, 0.1) is 0 Å². The minimum absolute atomic E-state index is 0.223. The maximum Gasteiger partial charge on any atom is 0.211 e. The lowest BCUT2D eigenvalue weighted by molar-refractivity contribution is 0.0390. The van der Waals surface area contributed by atoms with Gasteiger partial charge >= 0.3 is 0 Å². The summed E-state index contributed by atoms with van der Waals surface area (Å²) in [6, 6.07) is 0. The van der Waals surface area contributed by atoms with E-state index in [0.29, 0.717) is 19.5 Å². The molecule has 1 fully saturated rings. The molecule has 19 heavy (non-hydrogen) atoms. The Morgan fingerprint density at radius 3 is 2.47 bits per heavy atom. The first-order chi connectivity index (χ1) is 9.14. The highest BCUT2D eigenvalue weighted by Gasteiger charge is 2.12. The van der Waals surface area contributed by atoms with Crippen molar-refractivity contribution < 1.29 is 13.2 Å². The van der Waals surface area contributed by atoms with Crippen molar-refractivity contribution in [3.8, 4) is 0 Å². The summed E-state index contributed by atoms with van der Waals surface area (Å²) < 4.78 is 31.4. The van der Waals surface area contributed by atoms with Gasteiger partial charge in [0.15, 0.2) is 0 Å². The van der Waals surface area contributed by atoms with Crippen molar-refractivity contribution in [3.63, 3.8) is 0 Å². The van der Waals surface area contributed by atoms with Crippen molar-refractivity contribution in [1.82, 2.24) is 9.62 Å². The lowest BCUT2D eigenvalue weighted by atomic mass is 10.2. The smallest absolute Gasteiger partial charge is 0.211 e. The Hall–Kier alpha value is -0.210. The van der Waals surface area contributed by atoms with E-state index in [4.69, 9.17) is 10.5 Å². The van der Waals surface area contributed by atoms with Crippen molar-refractivity contribution in [3.05, 3.63) is 0 Å². The molecule has 1 aliphatic heterocycles. The van der Waals surface area contributed by atoms with E-state index < -0.39 is 10.0 Å². The Morgan fingerprint density at radius 2 is 1.79 bits per heavy atom. The molecule has 0 unspecified atom stereocenters. The fourth-order valence-corrected chi connectivity index (χ4v) is 3.18. The number of sulfonamides is 1. The van der Waals surface area contributed by atoms with E-state index in [0.717, 1.165) is 52.1 Å². The minimum atomic E-state index is -3.11. The summed E-state index contributed by atoms with van der Waals surface area (Å²) in [4.78, 5) is 2.22. The van der Waals surface area contributed by atoms with E-state index >= 15 is 0 Å². The zero-order valence-corrected chi connectivity index (χ0v) is 12.5. The van der Waals surface area contributed by atoms with Crippen LogP contribution in [0.3, 0.4) is 0 Å². The molecule has 0 aromatic carbocycles. The highest BCUT2D eigenvalue weighted by molar-refractivity contribution is 7.89. The molecule has 0 aliphatic carbocycles. The second-order valence-electron chi connectivity index (χ2n) is 4.87. The van der Waals surface area contributed by atoms with Crippen molar-refractivity contribution in [1.29, 1.82) is 0 Å². The van der Waals surface area contributed by atoms with Crippen LogP contribution in [0.4, 0.5) is 0 Å². The van der Waals surface area contributed by atoms with Crippen LogP contribution in [0.25, 0.3) is 0 Å². The Kier molecular flexibility index (Phi) is 8.56. The second kappa shape index (κ2) is 9.66. The molecule has 7 heteroatoms. The molecular formula is C12H27N3O3S. The van der Waals surface area contributed by atoms with Gasteiger partial charge in [-0.3, -0.25) is 4.90 Å². The molecule has 0 saturated carbocycles. The third-order valence-corrected chi connectivity index (χ3v) is 4.69. The third-order valence-electron chi connectivity index (χ3n) is 3.22. The molecule has 0 atom stereocenters. The van der Waals surface area contributed by atoms with Crippen molar-refractivity contribution in [2.45, 2.75) is 25.7 Å². The van der Waals surface area contributed by atoms with Gasteiger partial charge in [-0.05, 0) is 19.4 Å². The van der Waals surface area contributed by atoms with Gasteiger partial charge in [0.05, 0.1) is 19.0 Å². The fraction of sp³-hybridized carbons (Fsp3) is 1.00. The third kappa shape index (κ3) is 8.54. The van der Waals surface area contributed by atoms with Crippen molar-refractivity contribution in [2.24, 2.45) is 5.73 Å². The van der Waals surface area contributed by atoms with E-state index in [2.05, 4.69) is 9.62 Å². The summed E-state index contributed by atoms with van der Waals surface area (Å²) in [5.41, 5.74) is 5.39. The number of hydrogen-bond donors (Lipinski definition) is 2. The zero-order chi connectivity index (χ0) is 14.0. The van der Waals surface area contributed by atoms with E-state index in [9.17, 15) is 8.42 Å². The molecule has 114 valence electrons. The molecule has 1 saturated heterocycles. The van der Waals surface area contributed by atoms with Crippen molar-refractivity contribution in [2.75, 3.05) is 51.7 Å². The van der Waals surface area contributed by atoms with Crippen LogP contribution in [-0.4, -0.2) is 65.0 Å². The summed E-state index contributed by atoms with van der Waals surface area (Å²) in [5.74, 6) is 0.223. The van der Waals surface area contributed by atoms with Crippen LogP contribution in [0.1, 0.15) is 25.7 Å². The molecule has 1 heterocycles. The monoisotopic (exact) mass is 293 g/mol. The van der Waals surface area contributed by atoms with Gasteiger partial charge in [0, 0.05) is 26.2 Å². The highest BCUT2D eigenvalue weighted by atomic mass is 32.2. The van der Waals surface area contributed by atoms with Gasteiger partial charge in [-0.15, -0.1) is 0 Å². The number of hydrogen-bond acceptors (Lipinski definition) is 5. The van der Waals surface area contributed by atoms with Gasteiger partial charge in [-0.1, -0.05) is 12.8 Å². The Labute approximate surface area is 116 Å². The van der Waals surface area contributed by atoms with E-state index in [1.165, 1.54) is 0 Å². The summed E-state index contributed by atoms with van der Waals surface area (Å²) in [6.07, 6.45) is 3.64. The molecule has 0 amide bonds. The van der Waals surface area contributed by atoms with E-state index in [1.807, 2.05) is 0 Å². The Balaban J connectivity index is 2.05.